The molecule has 0 radical (unpaired) electrons. The van der Waals surface area contributed by atoms with Crippen LogP contribution in [0.25, 0.3) is 0 Å². The highest BCUT2D eigenvalue weighted by atomic mass is 16.5. The minimum atomic E-state index is 0.394. The number of methoxy groups -OCH3 is 1. The van der Waals surface area contributed by atoms with E-state index in [0.29, 0.717) is 17.7 Å². The fourth-order valence-corrected chi connectivity index (χ4v) is 2.64. The van der Waals surface area contributed by atoms with Crippen molar-refractivity contribution in [2.24, 2.45) is 0 Å². The number of rotatable bonds is 2. The van der Waals surface area contributed by atoms with Gasteiger partial charge in [0, 0.05) is 12.8 Å². The van der Waals surface area contributed by atoms with Crippen LogP contribution in [0.1, 0.15) is 42.7 Å². The number of nitrogens with zero attached hydrogens (tertiary/aromatic N) is 1. The molecule has 3 nitrogen and oxygen atoms in total. The quantitative estimate of drug-likeness (QED) is 0.795. The highest BCUT2D eigenvalue weighted by Crippen LogP contribution is 2.35. The van der Waals surface area contributed by atoms with Gasteiger partial charge in [0.25, 0.3) is 0 Å². The number of nitrogen functional groups attached to an aromatic ring is 1. The molecule has 0 unspecified atom stereocenters. The Morgan fingerprint density at radius 1 is 1.29 bits per heavy atom. The van der Waals surface area contributed by atoms with Gasteiger partial charge in [-0.05, 0) is 49.3 Å². The minimum absolute atomic E-state index is 0.394. The standard InChI is InChI=1S/C14H18N2O/c1-17-13-5-2-10(3-6-13)14-7-4-12(16)8-11(14)9-15/h4,7-8,10,13H,2-3,5-6,16H2,1H3/t10-,13+. The molecular formula is C14H18N2O. The molecule has 3 heteroatoms. The summed E-state index contributed by atoms with van der Waals surface area (Å²) in [6, 6.07) is 7.92. The van der Waals surface area contributed by atoms with Crippen LogP contribution in [0.4, 0.5) is 5.69 Å². The zero-order chi connectivity index (χ0) is 12.3. The van der Waals surface area contributed by atoms with E-state index in [9.17, 15) is 0 Å². The molecule has 1 saturated carbocycles. The van der Waals surface area contributed by atoms with E-state index in [2.05, 4.69) is 6.07 Å². The van der Waals surface area contributed by atoms with Gasteiger partial charge in [-0.2, -0.15) is 5.26 Å². The summed E-state index contributed by atoms with van der Waals surface area (Å²) in [5.41, 5.74) is 8.24. The average molecular weight is 230 g/mol. The highest BCUT2D eigenvalue weighted by Gasteiger charge is 2.23. The van der Waals surface area contributed by atoms with Crippen molar-refractivity contribution in [3.63, 3.8) is 0 Å². The second-order valence-electron chi connectivity index (χ2n) is 4.67. The van der Waals surface area contributed by atoms with Crippen molar-refractivity contribution in [3.05, 3.63) is 29.3 Å². The Morgan fingerprint density at radius 2 is 2.00 bits per heavy atom. The third kappa shape index (κ3) is 2.59. The molecule has 0 heterocycles. The molecule has 0 saturated heterocycles. The Labute approximate surface area is 102 Å². The van der Waals surface area contributed by atoms with Crippen molar-refractivity contribution in [3.8, 4) is 6.07 Å². The van der Waals surface area contributed by atoms with Gasteiger partial charge in [-0.25, -0.2) is 0 Å². The van der Waals surface area contributed by atoms with Crippen molar-refractivity contribution in [2.75, 3.05) is 12.8 Å². The Morgan fingerprint density at radius 3 is 2.59 bits per heavy atom. The smallest absolute Gasteiger partial charge is 0.0995 e. The van der Waals surface area contributed by atoms with Crippen LogP contribution in [0.5, 0.6) is 0 Å². The molecule has 2 rings (SSSR count). The summed E-state index contributed by atoms with van der Waals surface area (Å²) in [5.74, 6) is 0.483. The van der Waals surface area contributed by atoms with Crippen molar-refractivity contribution < 1.29 is 4.74 Å². The molecule has 1 aliphatic carbocycles. The maximum absolute atomic E-state index is 9.14. The normalized spacial score (nSPS) is 24.2. The number of ether oxygens (including phenoxy) is 1. The first-order chi connectivity index (χ1) is 8.24. The zero-order valence-corrected chi connectivity index (χ0v) is 10.1. The first kappa shape index (κ1) is 11.9. The van der Waals surface area contributed by atoms with Gasteiger partial charge in [0.2, 0.25) is 0 Å². The second-order valence-corrected chi connectivity index (χ2v) is 4.67. The second kappa shape index (κ2) is 5.20. The molecule has 1 aromatic rings. The Bertz CT molecular complexity index is 428. The van der Waals surface area contributed by atoms with E-state index in [1.165, 1.54) is 0 Å². The van der Waals surface area contributed by atoms with E-state index in [1.807, 2.05) is 12.1 Å². The molecule has 0 bridgehead atoms. The van der Waals surface area contributed by atoms with Gasteiger partial charge >= 0.3 is 0 Å². The van der Waals surface area contributed by atoms with Crippen LogP contribution in [-0.4, -0.2) is 13.2 Å². The number of hydrogen-bond acceptors (Lipinski definition) is 3. The number of nitrogens with two attached hydrogens (primary N) is 1. The van der Waals surface area contributed by atoms with Crippen molar-refractivity contribution in [1.29, 1.82) is 5.26 Å². The lowest BCUT2D eigenvalue weighted by Gasteiger charge is -2.28. The lowest BCUT2D eigenvalue weighted by Crippen LogP contribution is -2.19. The molecule has 2 N–H and O–H groups in total. The third-order valence-electron chi connectivity index (χ3n) is 3.65. The lowest BCUT2D eigenvalue weighted by atomic mass is 9.81. The molecule has 0 spiro atoms. The summed E-state index contributed by atoms with van der Waals surface area (Å²) in [6.45, 7) is 0. The summed E-state index contributed by atoms with van der Waals surface area (Å²) >= 11 is 0. The van der Waals surface area contributed by atoms with Crippen molar-refractivity contribution in [1.82, 2.24) is 0 Å². The predicted octanol–water partition coefficient (Wildman–Crippen LogP) is 2.81. The molecule has 17 heavy (non-hydrogen) atoms. The molecule has 0 aliphatic heterocycles. The molecule has 0 aromatic heterocycles. The summed E-state index contributed by atoms with van der Waals surface area (Å²) < 4.78 is 5.37. The molecule has 1 fully saturated rings. The Hall–Kier alpha value is -1.53. The van der Waals surface area contributed by atoms with Gasteiger partial charge in [-0.15, -0.1) is 0 Å². The van der Waals surface area contributed by atoms with Crippen LogP contribution >= 0.6 is 0 Å². The maximum atomic E-state index is 9.14. The van der Waals surface area contributed by atoms with E-state index in [0.717, 1.165) is 36.8 Å². The molecule has 90 valence electrons. The first-order valence-corrected chi connectivity index (χ1v) is 6.07. The van der Waals surface area contributed by atoms with Crippen molar-refractivity contribution >= 4 is 5.69 Å². The molecule has 0 atom stereocenters. The average Bonchev–Trinajstić information content (AvgIpc) is 2.39. The predicted molar refractivity (Wildman–Crippen MR) is 67.6 cm³/mol. The van der Waals surface area contributed by atoms with Gasteiger partial charge in [0.1, 0.15) is 0 Å². The summed E-state index contributed by atoms with van der Waals surface area (Å²) in [7, 11) is 1.77. The van der Waals surface area contributed by atoms with Crippen LogP contribution in [0.2, 0.25) is 0 Å². The van der Waals surface area contributed by atoms with E-state index in [-0.39, 0.29) is 0 Å². The van der Waals surface area contributed by atoms with E-state index < -0.39 is 0 Å². The lowest BCUT2D eigenvalue weighted by molar-refractivity contribution is 0.0658. The largest absolute Gasteiger partial charge is 0.399 e. The van der Waals surface area contributed by atoms with Crippen LogP contribution in [0, 0.1) is 11.3 Å². The SMILES string of the molecule is CO[C@H]1CC[C@@H](c2ccc(N)cc2C#N)CC1. The van der Waals surface area contributed by atoms with Crippen LogP contribution in [-0.2, 0) is 4.74 Å². The monoisotopic (exact) mass is 230 g/mol. The first-order valence-electron chi connectivity index (χ1n) is 6.07. The van der Waals surface area contributed by atoms with E-state index in [1.54, 1.807) is 13.2 Å². The van der Waals surface area contributed by atoms with Crippen LogP contribution < -0.4 is 5.73 Å². The van der Waals surface area contributed by atoms with Crippen LogP contribution in [0.3, 0.4) is 0 Å². The molecular weight excluding hydrogens is 212 g/mol. The van der Waals surface area contributed by atoms with Crippen molar-refractivity contribution in [2.45, 2.75) is 37.7 Å². The Balaban J connectivity index is 2.16. The molecule has 1 aromatic carbocycles. The number of nitriles is 1. The molecule has 1 aliphatic rings. The van der Waals surface area contributed by atoms with E-state index in [4.69, 9.17) is 15.7 Å². The van der Waals surface area contributed by atoms with Gasteiger partial charge in [-0.1, -0.05) is 6.07 Å². The fraction of sp³-hybridized carbons (Fsp3) is 0.500. The summed E-state index contributed by atoms with van der Waals surface area (Å²) in [6.07, 6.45) is 4.74. The van der Waals surface area contributed by atoms with Gasteiger partial charge in [-0.3, -0.25) is 0 Å². The van der Waals surface area contributed by atoms with Gasteiger partial charge < -0.3 is 10.5 Å². The minimum Gasteiger partial charge on any atom is -0.399 e. The fourth-order valence-electron chi connectivity index (χ4n) is 2.64. The topological polar surface area (TPSA) is 59.0 Å². The Kier molecular flexibility index (Phi) is 3.65. The van der Waals surface area contributed by atoms with E-state index >= 15 is 0 Å². The van der Waals surface area contributed by atoms with Crippen LogP contribution in [0.15, 0.2) is 18.2 Å². The molecule has 0 amide bonds. The zero-order valence-electron chi connectivity index (χ0n) is 10.1. The highest BCUT2D eigenvalue weighted by molar-refractivity contribution is 5.51. The third-order valence-corrected chi connectivity index (χ3v) is 3.65. The number of anilines is 1. The summed E-state index contributed by atoms with van der Waals surface area (Å²) in [4.78, 5) is 0. The maximum Gasteiger partial charge on any atom is 0.0995 e. The van der Waals surface area contributed by atoms with Gasteiger partial charge in [0.15, 0.2) is 0 Å². The van der Waals surface area contributed by atoms with Gasteiger partial charge in [0.05, 0.1) is 17.7 Å². The number of benzene rings is 1. The summed E-state index contributed by atoms with van der Waals surface area (Å²) in [5, 5.41) is 9.14. The number of hydrogen-bond donors (Lipinski definition) is 1.